The zero-order valence-electron chi connectivity index (χ0n) is 8.62. The molecule has 1 rings (SSSR count). The highest BCUT2D eigenvalue weighted by molar-refractivity contribution is 7.97. The predicted molar refractivity (Wildman–Crippen MR) is 59.3 cm³/mol. The summed E-state index contributed by atoms with van der Waals surface area (Å²) in [6, 6.07) is 4.09. The third-order valence-electron chi connectivity index (χ3n) is 1.90. The number of hydrogen-bond acceptors (Lipinski definition) is 4. The third-order valence-corrected chi connectivity index (χ3v) is 2.48. The molecule has 0 saturated heterocycles. The van der Waals surface area contributed by atoms with Gasteiger partial charge in [0.25, 0.3) is 0 Å². The van der Waals surface area contributed by atoms with E-state index in [1.807, 2.05) is 25.3 Å². The van der Waals surface area contributed by atoms with Crippen molar-refractivity contribution in [1.82, 2.24) is 5.32 Å². The van der Waals surface area contributed by atoms with Crippen LogP contribution < -0.4 is 5.32 Å². The Balaban J connectivity index is 2.35. The van der Waals surface area contributed by atoms with E-state index in [4.69, 9.17) is 9.52 Å². The Morgan fingerprint density at radius 3 is 2.86 bits per heavy atom. The first kappa shape index (κ1) is 11.6. The van der Waals surface area contributed by atoms with E-state index in [1.54, 1.807) is 11.8 Å². The van der Waals surface area contributed by atoms with Crippen LogP contribution in [0.4, 0.5) is 0 Å². The van der Waals surface area contributed by atoms with Gasteiger partial charge in [-0.2, -0.15) is 11.8 Å². The van der Waals surface area contributed by atoms with Crippen molar-refractivity contribution < 1.29 is 9.52 Å². The summed E-state index contributed by atoms with van der Waals surface area (Å²) >= 11 is 1.74. The molecule has 0 aromatic carbocycles. The van der Waals surface area contributed by atoms with Gasteiger partial charge >= 0.3 is 0 Å². The summed E-state index contributed by atoms with van der Waals surface area (Å²) < 4.78 is 5.55. The second-order valence-corrected chi connectivity index (χ2v) is 4.13. The molecule has 0 spiro atoms. The second kappa shape index (κ2) is 6.11. The van der Waals surface area contributed by atoms with Gasteiger partial charge in [-0.05, 0) is 25.3 Å². The minimum Gasteiger partial charge on any atom is -0.464 e. The topological polar surface area (TPSA) is 45.4 Å². The van der Waals surface area contributed by atoms with Gasteiger partial charge in [-0.1, -0.05) is 0 Å². The molecule has 1 aromatic heterocycles. The van der Waals surface area contributed by atoms with E-state index >= 15 is 0 Å². The first-order valence-electron chi connectivity index (χ1n) is 4.67. The minimum absolute atomic E-state index is 0.115. The number of aliphatic hydroxyl groups excluding tert-OH is 1. The van der Waals surface area contributed by atoms with E-state index in [1.165, 1.54) is 0 Å². The summed E-state index contributed by atoms with van der Waals surface area (Å²) in [4.78, 5) is 0. The van der Waals surface area contributed by atoms with Crippen molar-refractivity contribution in [1.29, 1.82) is 0 Å². The molecule has 0 aliphatic carbocycles. The molecule has 0 radical (unpaired) electrons. The molecular weight excluding hydrogens is 198 g/mol. The number of aliphatic hydroxyl groups is 1. The minimum atomic E-state index is 0.115. The van der Waals surface area contributed by atoms with Crippen LogP contribution in [-0.2, 0) is 12.3 Å². The maximum absolute atomic E-state index is 8.81. The van der Waals surface area contributed by atoms with Crippen molar-refractivity contribution in [3.8, 4) is 0 Å². The number of furan rings is 1. The lowest BCUT2D eigenvalue weighted by Gasteiger charge is -2.08. The lowest BCUT2D eigenvalue weighted by atomic mass is 10.3. The third kappa shape index (κ3) is 3.74. The van der Waals surface area contributed by atoms with Gasteiger partial charge in [-0.3, -0.25) is 0 Å². The Hall–Kier alpha value is -0.450. The summed E-state index contributed by atoms with van der Waals surface area (Å²) in [5.41, 5.74) is 0. The molecule has 14 heavy (non-hydrogen) atoms. The van der Waals surface area contributed by atoms with Crippen LogP contribution in [0.2, 0.25) is 0 Å². The van der Waals surface area contributed by atoms with E-state index in [2.05, 4.69) is 5.32 Å². The normalized spacial score (nSPS) is 13.1. The molecule has 0 fully saturated rings. The molecular formula is C10H17NO2S. The van der Waals surface area contributed by atoms with Crippen LogP contribution in [0.15, 0.2) is 16.5 Å². The zero-order chi connectivity index (χ0) is 10.4. The van der Waals surface area contributed by atoms with Gasteiger partial charge in [-0.15, -0.1) is 0 Å². The Kier molecular flexibility index (Phi) is 5.07. The molecule has 0 bridgehead atoms. The van der Waals surface area contributed by atoms with Crippen LogP contribution in [-0.4, -0.2) is 24.0 Å². The van der Waals surface area contributed by atoms with Crippen LogP contribution in [0, 0.1) is 0 Å². The highest BCUT2D eigenvalue weighted by Crippen LogP contribution is 2.13. The molecule has 0 aliphatic rings. The molecule has 3 nitrogen and oxygen atoms in total. The van der Waals surface area contributed by atoms with Gasteiger partial charge < -0.3 is 14.8 Å². The van der Waals surface area contributed by atoms with Gasteiger partial charge in [0.05, 0.1) is 18.9 Å². The maximum Gasteiger partial charge on any atom is 0.118 e. The predicted octanol–water partition coefficient (Wildman–Crippen LogP) is 1.61. The highest BCUT2D eigenvalue weighted by atomic mass is 32.2. The number of nitrogens with one attached hydrogen (secondary N) is 1. The van der Waals surface area contributed by atoms with E-state index < -0.39 is 0 Å². The van der Waals surface area contributed by atoms with Crippen molar-refractivity contribution >= 4 is 11.8 Å². The van der Waals surface area contributed by atoms with Gasteiger partial charge in [0.2, 0.25) is 0 Å². The van der Waals surface area contributed by atoms with Gasteiger partial charge in [0.1, 0.15) is 11.5 Å². The van der Waals surface area contributed by atoms with Crippen molar-refractivity contribution in [3.63, 3.8) is 0 Å². The van der Waals surface area contributed by atoms with Crippen LogP contribution in [0.25, 0.3) is 0 Å². The van der Waals surface area contributed by atoms with Crippen molar-refractivity contribution in [2.24, 2.45) is 0 Å². The first-order chi connectivity index (χ1) is 6.76. The molecule has 0 saturated carbocycles. The Morgan fingerprint density at radius 2 is 2.21 bits per heavy atom. The van der Waals surface area contributed by atoms with Gasteiger partial charge in [-0.25, -0.2) is 0 Å². The molecule has 1 atom stereocenters. The molecule has 0 unspecified atom stereocenters. The fourth-order valence-corrected chi connectivity index (χ4v) is 1.52. The molecule has 2 N–H and O–H groups in total. The van der Waals surface area contributed by atoms with Crippen LogP contribution in [0.1, 0.15) is 18.4 Å². The monoisotopic (exact) mass is 215 g/mol. The van der Waals surface area contributed by atoms with Gasteiger partial charge in [0, 0.05) is 6.04 Å². The lowest BCUT2D eigenvalue weighted by molar-refractivity contribution is 0.248. The molecule has 0 aliphatic heterocycles. The molecule has 4 heteroatoms. The largest absolute Gasteiger partial charge is 0.464 e. The number of hydrogen-bond donors (Lipinski definition) is 2. The standard InChI is InChI=1S/C10H17NO2S/c1-8(6-12)11-5-9-3-4-10(13-9)7-14-2/h3-4,8,11-12H,5-7H2,1-2H3/t8-/m1/s1. The Bertz CT molecular complexity index is 262. The highest BCUT2D eigenvalue weighted by Gasteiger charge is 2.03. The fraction of sp³-hybridized carbons (Fsp3) is 0.600. The molecule has 80 valence electrons. The number of rotatable bonds is 6. The van der Waals surface area contributed by atoms with Crippen molar-refractivity contribution in [2.75, 3.05) is 12.9 Å². The first-order valence-corrected chi connectivity index (χ1v) is 6.06. The quantitative estimate of drug-likeness (QED) is 0.757. The molecule has 1 aromatic rings. The molecule has 1 heterocycles. The second-order valence-electron chi connectivity index (χ2n) is 3.27. The Labute approximate surface area is 88.9 Å². The average Bonchev–Trinajstić information content (AvgIpc) is 2.63. The summed E-state index contributed by atoms with van der Waals surface area (Å²) in [6.07, 6.45) is 2.05. The van der Waals surface area contributed by atoms with Crippen LogP contribution in [0.5, 0.6) is 0 Å². The number of thioether (sulfide) groups is 1. The lowest BCUT2D eigenvalue weighted by Crippen LogP contribution is -2.28. The van der Waals surface area contributed by atoms with Crippen LogP contribution >= 0.6 is 11.8 Å². The molecule has 0 amide bonds. The average molecular weight is 215 g/mol. The van der Waals surface area contributed by atoms with Gasteiger partial charge in [0.15, 0.2) is 0 Å². The Morgan fingerprint density at radius 1 is 1.50 bits per heavy atom. The van der Waals surface area contributed by atoms with Crippen molar-refractivity contribution in [2.45, 2.75) is 25.3 Å². The van der Waals surface area contributed by atoms with E-state index in [-0.39, 0.29) is 12.6 Å². The maximum atomic E-state index is 8.81. The van der Waals surface area contributed by atoms with E-state index in [9.17, 15) is 0 Å². The van der Waals surface area contributed by atoms with E-state index in [0.717, 1.165) is 17.3 Å². The SMILES string of the molecule is CSCc1ccc(CN[C@H](C)CO)o1. The van der Waals surface area contributed by atoms with Crippen molar-refractivity contribution in [3.05, 3.63) is 23.7 Å². The smallest absolute Gasteiger partial charge is 0.118 e. The van der Waals surface area contributed by atoms with E-state index in [0.29, 0.717) is 6.54 Å². The summed E-state index contributed by atoms with van der Waals surface area (Å²) in [7, 11) is 0. The summed E-state index contributed by atoms with van der Waals surface area (Å²) in [5.74, 6) is 2.84. The fourth-order valence-electron chi connectivity index (χ4n) is 1.08. The van der Waals surface area contributed by atoms with Crippen LogP contribution in [0.3, 0.4) is 0 Å². The summed E-state index contributed by atoms with van der Waals surface area (Å²) in [6.45, 7) is 2.76. The summed E-state index contributed by atoms with van der Waals surface area (Å²) in [5, 5.41) is 12.0. The zero-order valence-corrected chi connectivity index (χ0v) is 9.43.